The molecule has 0 bridgehead atoms. The second kappa shape index (κ2) is 6.72. The lowest BCUT2D eigenvalue weighted by Gasteiger charge is -2.32. The van der Waals surface area contributed by atoms with Crippen LogP contribution in [0, 0.1) is 0 Å². The molecular weight excluding hydrogens is 328 g/mol. The molecule has 0 saturated carbocycles. The smallest absolute Gasteiger partial charge is 0.253 e. The Labute approximate surface area is 141 Å². The van der Waals surface area contributed by atoms with E-state index >= 15 is 0 Å². The predicted molar refractivity (Wildman–Crippen MR) is 89.2 cm³/mol. The highest BCUT2D eigenvalue weighted by Gasteiger charge is 2.26. The molecule has 8 heteroatoms. The molecule has 0 aliphatic carbocycles. The number of carbonyl (C=O) groups is 1. The van der Waals surface area contributed by atoms with Crippen molar-refractivity contribution < 1.29 is 13.2 Å². The first-order valence-corrected chi connectivity index (χ1v) is 9.88. The van der Waals surface area contributed by atoms with Gasteiger partial charge in [-0.3, -0.25) is 4.79 Å². The van der Waals surface area contributed by atoms with Gasteiger partial charge in [0.1, 0.15) is 12.7 Å². The second-order valence-electron chi connectivity index (χ2n) is 6.19. The molecule has 0 spiro atoms. The SMILES string of the molecule is CS(=O)(=O)Cc1cccc(C(=O)N2CCCC(n3cncn3)C2)c1. The molecule has 7 nitrogen and oxygen atoms in total. The van der Waals surface area contributed by atoms with Crippen molar-refractivity contribution in [1.82, 2.24) is 19.7 Å². The molecule has 0 N–H and O–H groups in total. The lowest BCUT2D eigenvalue weighted by Crippen LogP contribution is -2.40. The maximum atomic E-state index is 12.8. The fourth-order valence-electron chi connectivity index (χ4n) is 3.04. The second-order valence-corrected chi connectivity index (χ2v) is 8.33. The highest BCUT2D eigenvalue weighted by Crippen LogP contribution is 2.22. The summed E-state index contributed by atoms with van der Waals surface area (Å²) in [5.41, 5.74) is 1.16. The third-order valence-corrected chi connectivity index (χ3v) is 4.95. The van der Waals surface area contributed by atoms with Crippen LogP contribution in [0.1, 0.15) is 34.8 Å². The van der Waals surface area contributed by atoms with Gasteiger partial charge in [-0.1, -0.05) is 12.1 Å². The van der Waals surface area contributed by atoms with Crippen LogP contribution >= 0.6 is 0 Å². The quantitative estimate of drug-likeness (QED) is 0.831. The summed E-state index contributed by atoms with van der Waals surface area (Å²) in [6.07, 6.45) is 6.22. The highest BCUT2D eigenvalue weighted by atomic mass is 32.2. The summed E-state index contributed by atoms with van der Waals surface area (Å²) < 4.78 is 24.7. The van der Waals surface area contributed by atoms with E-state index in [0.717, 1.165) is 12.8 Å². The molecule has 1 amide bonds. The normalized spacial score (nSPS) is 18.5. The predicted octanol–water partition coefficient (Wildman–Crippen LogP) is 1.30. The Morgan fingerprint density at radius 3 is 2.92 bits per heavy atom. The highest BCUT2D eigenvalue weighted by molar-refractivity contribution is 7.89. The fourth-order valence-corrected chi connectivity index (χ4v) is 3.83. The summed E-state index contributed by atoms with van der Waals surface area (Å²) in [6, 6.07) is 6.98. The van der Waals surface area contributed by atoms with E-state index < -0.39 is 9.84 Å². The van der Waals surface area contributed by atoms with E-state index in [1.54, 1.807) is 40.2 Å². The molecular formula is C16H20N4O3S. The Hall–Kier alpha value is -2.22. The average Bonchev–Trinajstić information content (AvgIpc) is 3.07. The lowest BCUT2D eigenvalue weighted by molar-refractivity contribution is 0.0672. The lowest BCUT2D eigenvalue weighted by atomic mass is 10.0. The van der Waals surface area contributed by atoms with Gasteiger partial charge >= 0.3 is 0 Å². The van der Waals surface area contributed by atoms with Crippen molar-refractivity contribution in [3.63, 3.8) is 0 Å². The van der Waals surface area contributed by atoms with Crippen LogP contribution in [0.25, 0.3) is 0 Å². The zero-order valence-electron chi connectivity index (χ0n) is 13.5. The first-order chi connectivity index (χ1) is 11.4. The minimum absolute atomic E-state index is 0.0598. The maximum absolute atomic E-state index is 12.8. The molecule has 1 aliphatic rings. The Kier molecular flexibility index (Phi) is 4.66. The van der Waals surface area contributed by atoms with Crippen molar-refractivity contribution in [1.29, 1.82) is 0 Å². The third kappa shape index (κ3) is 4.00. The van der Waals surface area contributed by atoms with Crippen LogP contribution in [-0.2, 0) is 15.6 Å². The van der Waals surface area contributed by atoms with Crippen molar-refractivity contribution >= 4 is 15.7 Å². The number of likely N-dealkylation sites (tertiary alicyclic amines) is 1. The zero-order chi connectivity index (χ0) is 17.2. The van der Waals surface area contributed by atoms with Gasteiger partial charge in [-0.2, -0.15) is 5.10 Å². The van der Waals surface area contributed by atoms with Crippen molar-refractivity contribution in [3.8, 4) is 0 Å². The van der Waals surface area contributed by atoms with Crippen LogP contribution in [0.5, 0.6) is 0 Å². The van der Waals surface area contributed by atoms with Gasteiger partial charge in [0, 0.05) is 24.9 Å². The van der Waals surface area contributed by atoms with E-state index in [2.05, 4.69) is 10.1 Å². The fraction of sp³-hybridized carbons (Fsp3) is 0.438. The average molecular weight is 348 g/mol. The van der Waals surface area contributed by atoms with E-state index in [9.17, 15) is 13.2 Å². The Bertz CT molecular complexity index is 818. The molecule has 1 aromatic carbocycles. The van der Waals surface area contributed by atoms with Gasteiger partial charge in [0.25, 0.3) is 5.91 Å². The molecule has 1 unspecified atom stereocenters. The third-order valence-electron chi connectivity index (χ3n) is 4.10. The van der Waals surface area contributed by atoms with E-state index in [4.69, 9.17) is 0 Å². The summed E-state index contributed by atoms with van der Waals surface area (Å²) in [5, 5.41) is 4.16. The number of piperidine rings is 1. The summed E-state index contributed by atoms with van der Waals surface area (Å²) in [4.78, 5) is 18.5. The summed E-state index contributed by atoms with van der Waals surface area (Å²) in [6.45, 7) is 1.28. The van der Waals surface area contributed by atoms with Crippen LogP contribution in [0.3, 0.4) is 0 Å². The van der Waals surface area contributed by atoms with Crippen LogP contribution in [0.4, 0.5) is 0 Å². The number of benzene rings is 1. The van der Waals surface area contributed by atoms with Crippen molar-refractivity contribution in [2.45, 2.75) is 24.6 Å². The van der Waals surface area contributed by atoms with Gasteiger partial charge in [0.15, 0.2) is 9.84 Å². The standard InChI is InChI=1S/C16H20N4O3S/c1-24(22,23)10-13-4-2-5-14(8-13)16(21)19-7-3-6-15(9-19)20-12-17-11-18-20/h2,4-5,8,11-12,15H,3,6-7,9-10H2,1H3. The van der Waals surface area contributed by atoms with E-state index in [1.165, 1.54) is 12.6 Å². The molecule has 1 atom stereocenters. The van der Waals surface area contributed by atoms with Gasteiger partial charge < -0.3 is 4.90 Å². The zero-order valence-corrected chi connectivity index (χ0v) is 14.3. The number of amides is 1. The minimum Gasteiger partial charge on any atom is -0.337 e. The van der Waals surface area contributed by atoms with Gasteiger partial charge in [-0.05, 0) is 30.5 Å². The molecule has 1 aliphatic heterocycles. The van der Waals surface area contributed by atoms with Crippen LogP contribution in [0.15, 0.2) is 36.9 Å². The number of carbonyl (C=O) groups excluding carboxylic acids is 1. The largest absolute Gasteiger partial charge is 0.337 e. The van der Waals surface area contributed by atoms with Crippen LogP contribution < -0.4 is 0 Å². The number of nitrogens with zero attached hydrogens (tertiary/aromatic N) is 4. The number of rotatable bonds is 4. The van der Waals surface area contributed by atoms with E-state index in [-0.39, 0.29) is 17.7 Å². The monoisotopic (exact) mass is 348 g/mol. The molecule has 3 rings (SSSR count). The molecule has 128 valence electrons. The first kappa shape index (κ1) is 16.6. The minimum atomic E-state index is -3.13. The molecule has 1 fully saturated rings. The molecule has 1 saturated heterocycles. The first-order valence-electron chi connectivity index (χ1n) is 7.82. The van der Waals surface area contributed by atoms with Gasteiger partial charge in [0.05, 0.1) is 11.8 Å². The van der Waals surface area contributed by atoms with Crippen LogP contribution in [0.2, 0.25) is 0 Å². The molecule has 2 heterocycles. The summed E-state index contributed by atoms with van der Waals surface area (Å²) in [7, 11) is -3.13. The van der Waals surface area contributed by atoms with Gasteiger partial charge in [-0.25, -0.2) is 18.1 Å². The maximum Gasteiger partial charge on any atom is 0.253 e. The molecule has 1 aromatic heterocycles. The topological polar surface area (TPSA) is 85.2 Å². The number of sulfone groups is 1. The Balaban J connectivity index is 1.75. The summed E-state index contributed by atoms with van der Waals surface area (Å²) >= 11 is 0. The van der Waals surface area contributed by atoms with Crippen molar-refractivity contribution in [2.24, 2.45) is 0 Å². The molecule has 24 heavy (non-hydrogen) atoms. The van der Waals surface area contributed by atoms with E-state index in [0.29, 0.717) is 24.2 Å². The van der Waals surface area contributed by atoms with Gasteiger partial charge in [0.2, 0.25) is 0 Å². The summed E-state index contributed by atoms with van der Waals surface area (Å²) in [5.74, 6) is -0.134. The number of hydrogen-bond acceptors (Lipinski definition) is 5. The Morgan fingerprint density at radius 2 is 2.21 bits per heavy atom. The van der Waals surface area contributed by atoms with Gasteiger partial charge in [-0.15, -0.1) is 0 Å². The van der Waals surface area contributed by atoms with Crippen molar-refractivity contribution in [3.05, 3.63) is 48.0 Å². The Morgan fingerprint density at radius 1 is 1.38 bits per heavy atom. The molecule has 0 radical (unpaired) electrons. The van der Waals surface area contributed by atoms with Crippen molar-refractivity contribution in [2.75, 3.05) is 19.3 Å². The number of aromatic nitrogens is 3. The van der Waals surface area contributed by atoms with Crippen LogP contribution in [-0.4, -0.2) is 53.3 Å². The van der Waals surface area contributed by atoms with E-state index in [1.807, 2.05) is 0 Å². The molecule has 2 aromatic rings. The number of hydrogen-bond donors (Lipinski definition) is 0.